The van der Waals surface area contributed by atoms with Crippen LogP contribution in [0.25, 0.3) is 0 Å². The monoisotopic (exact) mass is 316 g/mol. The van der Waals surface area contributed by atoms with E-state index in [0.29, 0.717) is 5.75 Å². The van der Waals surface area contributed by atoms with Crippen molar-refractivity contribution in [3.8, 4) is 5.75 Å². The summed E-state index contributed by atoms with van der Waals surface area (Å²) < 4.78 is 6.02. The van der Waals surface area contributed by atoms with Crippen LogP contribution in [0.4, 0.5) is 5.69 Å². The van der Waals surface area contributed by atoms with Crippen LogP contribution in [-0.4, -0.2) is 30.7 Å². The fourth-order valence-corrected chi connectivity index (χ4v) is 2.96. The van der Waals surface area contributed by atoms with Crippen LogP contribution in [0.1, 0.15) is 0 Å². The van der Waals surface area contributed by atoms with Gasteiger partial charge in [-0.2, -0.15) is 0 Å². The highest BCUT2D eigenvalue weighted by Gasteiger charge is 2.22. The van der Waals surface area contributed by atoms with E-state index in [1.54, 1.807) is 24.9 Å². The summed E-state index contributed by atoms with van der Waals surface area (Å²) in [7, 11) is 1.60. The summed E-state index contributed by atoms with van der Waals surface area (Å²) in [6.45, 7) is 0. The van der Waals surface area contributed by atoms with Crippen LogP contribution in [0.15, 0.2) is 22.7 Å². The molecule has 1 fully saturated rings. The molecule has 1 amide bonds. The van der Waals surface area contributed by atoms with Crippen molar-refractivity contribution in [3.05, 3.63) is 22.7 Å². The molecule has 0 bridgehead atoms. The number of carbonyl (C=O) groups is 1. The molecular formula is C11H13BrN2O2S. The van der Waals surface area contributed by atoms with Gasteiger partial charge in [-0.1, -0.05) is 15.9 Å². The van der Waals surface area contributed by atoms with Crippen LogP contribution in [0.3, 0.4) is 0 Å². The third-order valence-corrected chi connectivity index (χ3v) is 3.81. The fraction of sp³-hybridized carbons (Fsp3) is 0.364. The van der Waals surface area contributed by atoms with Gasteiger partial charge in [0.25, 0.3) is 0 Å². The first-order valence-electron chi connectivity index (χ1n) is 5.15. The lowest BCUT2D eigenvalue weighted by Gasteiger charge is -2.11. The summed E-state index contributed by atoms with van der Waals surface area (Å²) in [5, 5.41) is 6.00. The molecule has 1 heterocycles. The number of nitrogens with one attached hydrogen (secondary N) is 2. The van der Waals surface area contributed by atoms with Gasteiger partial charge in [-0.05, 0) is 12.1 Å². The van der Waals surface area contributed by atoms with Gasteiger partial charge in [-0.25, -0.2) is 0 Å². The van der Waals surface area contributed by atoms with E-state index in [1.165, 1.54) is 0 Å². The van der Waals surface area contributed by atoms with E-state index < -0.39 is 0 Å². The second-order valence-corrected chi connectivity index (χ2v) is 5.59. The van der Waals surface area contributed by atoms with Crippen LogP contribution in [-0.2, 0) is 4.79 Å². The van der Waals surface area contributed by atoms with Gasteiger partial charge in [-0.3, -0.25) is 10.1 Å². The molecule has 2 N–H and O–H groups in total. The molecule has 4 nitrogen and oxygen atoms in total. The quantitative estimate of drug-likeness (QED) is 0.896. The second-order valence-electron chi connectivity index (χ2n) is 3.64. The Kier molecular flexibility index (Phi) is 4.31. The Morgan fingerprint density at radius 1 is 1.59 bits per heavy atom. The standard InChI is InChI=1S/C11H13BrN2O2S/c1-16-9-3-7(12)2-8(4-9)14-11(15)10-5-17-6-13-10/h2-4,10,13H,5-6H2,1H3,(H,14,15). The minimum Gasteiger partial charge on any atom is -0.497 e. The Labute approximate surface area is 113 Å². The summed E-state index contributed by atoms with van der Waals surface area (Å²) >= 11 is 5.10. The summed E-state index contributed by atoms with van der Waals surface area (Å²) in [5.74, 6) is 2.36. The van der Waals surface area contributed by atoms with Gasteiger partial charge in [0, 0.05) is 27.9 Å². The van der Waals surface area contributed by atoms with Crippen molar-refractivity contribution < 1.29 is 9.53 Å². The number of anilines is 1. The maximum atomic E-state index is 11.9. The summed E-state index contributed by atoms with van der Waals surface area (Å²) in [6.07, 6.45) is 0. The third-order valence-electron chi connectivity index (χ3n) is 2.41. The first-order valence-corrected chi connectivity index (χ1v) is 7.10. The van der Waals surface area contributed by atoms with Crippen LogP contribution in [0.5, 0.6) is 5.75 Å². The predicted octanol–water partition coefficient (Wildman–Crippen LogP) is 2.06. The van der Waals surface area contributed by atoms with Gasteiger partial charge < -0.3 is 10.1 Å². The lowest BCUT2D eigenvalue weighted by molar-refractivity contribution is -0.117. The maximum Gasteiger partial charge on any atom is 0.242 e. The smallest absolute Gasteiger partial charge is 0.242 e. The Balaban J connectivity index is 2.06. The van der Waals surface area contributed by atoms with Crippen molar-refractivity contribution >= 4 is 39.3 Å². The number of halogens is 1. The van der Waals surface area contributed by atoms with Crippen LogP contribution < -0.4 is 15.4 Å². The fourth-order valence-electron chi connectivity index (χ4n) is 1.55. The van der Waals surface area contributed by atoms with Gasteiger partial charge in [0.1, 0.15) is 5.75 Å². The number of thioether (sulfide) groups is 1. The van der Waals surface area contributed by atoms with Crippen molar-refractivity contribution in [1.29, 1.82) is 0 Å². The minimum absolute atomic E-state index is 0.00449. The molecule has 0 aromatic heterocycles. The molecule has 1 aliphatic heterocycles. The number of methoxy groups -OCH3 is 1. The van der Waals surface area contributed by atoms with E-state index >= 15 is 0 Å². The number of carbonyl (C=O) groups excluding carboxylic acids is 1. The normalized spacial score (nSPS) is 19.1. The molecule has 0 radical (unpaired) electrons. The van der Waals surface area contributed by atoms with E-state index in [2.05, 4.69) is 26.6 Å². The minimum atomic E-state index is -0.107. The molecule has 17 heavy (non-hydrogen) atoms. The number of rotatable bonds is 3. The molecule has 0 spiro atoms. The maximum absolute atomic E-state index is 11.9. The molecule has 1 aromatic rings. The number of amides is 1. The van der Waals surface area contributed by atoms with Gasteiger partial charge in [-0.15, -0.1) is 11.8 Å². The Hall–Kier alpha value is -0.720. The van der Waals surface area contributed by atoms with Crippen molar-refractivity contribution in [2.24, 2.45) is 0 Å². The van der Waals surface area contributed by atoms with Gasteiger partial charge in [0.15, 0.2) is 0 Å². The first kappa shape index (κ1) is 12.7. The summed E-state index contributed by atoms with van der Waals surface area (Å²) in [6, 6.07) is 5.39. The lowest BCUT2D eigenvalue weighted by atomic mass is 10.2. The molecule has 0 aliphatic carbocycles. The van der Waals surface area contributed by atoms with Gasteiger partial charge >= 0.3 is 0 Å². The lowest BCUT2D eigenvalue weighted by Crippen LogP contribution is -2.37. The molecule has 0 saturated carbocycles. The molecule has 1 aromatic carbocycles. The highest BCUT2D eigenvalue weighted by molar-refractivity contribution is 9.10. The van der Waals surface area contributed by atoms with E-state index in [4.69, 9.17) is 4.74 Å². The van der Waals surface area contributed by atoms with Crippen molar-refractivity contribution in [2.45, 2.75) is 6.04 Å². The van der Waals surface area contributed by atoms with E-state index in [9.17, 15) is 4.79 Å². The molecule has 1 unspecified atom stereocenters. The molecule has 1 atom stereocenters. The molecule has 6 heteroatoms. The third kappa shape index (κ3) is 3.37. The van der Waals surface area contributed by atoms with Crippen LogP contribution >= 0.6 is 27.7 Å². The number of hydrogen-bond acceptors (Lipinski definition) is 4. The SMILES string of the molecule is COc1cc(Br)cc(NC(=O)C2CSCN2)c1. The zero-order valence-corrected chi connectivity index (χ0v) is 11.7. The van der Waals surface area contributed by atoms with Crippen molar-refractivity contribution in [1.82, 2.24) is 5.32 Å². The molecule has 92 valence electrons. The molecule has 2 rings (SSSR count). The predicted molar refractivity (Wildman–Crippen MR) is 73.6 cm³/mol. The number of ether oxygens (including phenoxy) is 1. The largest absolute Gasteiger partial charge is 0.497 e. The Morgan fingerprint density at radius 2 is 2.41 bits per heavy atom. The zero-order chi connectivity index (χ0) is 12.3. The van der Waals surface area contributed by atoms with Crippen molar-refractivity contribution in [2.75, 3.05) is 24.1 Å². The van der Waals surface area contributed by atoms with Gasteiger partial charge in [0.05, 0.1) is 13.2 Å². The first-order chi connectivity index (χ1) is 8.19. The Morgan fingerprint density at radius 3 is 3.06 bits per heavy atom. The summed E-state index contributed by atoms with van der Waals surface area (Å²) in [4.78, 5) is 11.9. The number of hydrogen-bond donors (Lipinski definition) is 2. The molecular weight excluding hydrogens is 304 g/mol. The van der Waals surface area contributed by atoms with Gasteiger partial charge in [0.2, 0.25) is 5.91 Å². The van der Waals surface area contributed by atoms with E-state index in [-0.39, 0.29) is 11.9 Å². The molecule has 1 saturated heterocycles. The molecule has 1 aliphatic rings. The highest BCUT2D eigenvalue weighted by Crippen LogP contribution is 2.24. The Bertz CT molecular complexity index is 422. The van der Waals surface area contributed by atoms with E-state index in [1.807, 2.05) is 12.1 Å². The van der Waals surface area contributed by atoms with Crippen LogP contribution in [0, 0.1) is 0 Å². The second kappa shape index (κ2) is 5.75. The van der Waals surface area contributed by atoms with E-state index in [0.717, 1.165) is 21.8 Å². The van der Waals surface area contributed by atoms with Crippen molar-refractivity contribution in [3.63, 3.8) is 0 Å². The zero-order valence-electron chi connectivity index (χ0n) is 9.33. The highest BCUT2D eigenvalue weighted by atomic mass is 79.9. The summed E-state index contributed by atoms with van der Waals surface area (Å²) in [5.41, 5.74) is 0.736. The average Bonchev–Trinajstić information content (AvgIpc) is 2.81. The number of benzene rings is 1. The average molecular weight is 317 g/mol. The van der Waals surface area contributed by atoms with Crippen LogP contribution in [0.2, 0.25) is 0 Å². The topological polar surface area (TPSA) is 50.4 Å².